The fourth-order valence-electron chi connectivity index (χ4n) is 3.04. The summed E-state index contributed by atoms with van der Waals surface area (Å²) in [6.07, 6.45) is 5.62. The highest BCUT2D eigenvalue weighted by atomic mass is 16.5. The SMILES string of the molecule is Cc1cnc(C(=O)N[C@H]2CCCN(CC(=O)Nc3cc(C)on3)CC2)cn1. The molecule has 2 amide bonds. The summed E-state index contributed by atoms with van der Waals surface area (Å²) < 4.78 is 4.94. The number of likely N-dealkylation sites (tertiary alicyclic amines) is 1. The topological polar surface area (TPSA) is 113 Å². The van der Waals surface area contributed by atoms with Crippen LogP contribution in [0.4, 0.5) is 5.82 Å². The number of anilines is 1. The Morgan fingerprint density at radius 2 is 2.07 bits per heavy atom. The van der Waals surface area contributed by atoms with Gasteiger partial charge in [-0.1, -0.05) is 5.16 Å². The molecule has 1 saturated heterocycles. The third-order valence-corrected chi connectivity index (χ3v) is 4.43. The van der Waals surface area contributed by atoms with Crippen molar-refractivity contribution in [1.82, 2.24) is 25.3 Å². The lowest BCUT2D eigenvalue weighted by atomic mass is 10.1. The van der Waals surface area contributed by atoms with E-state index in [1.807, 2.05) is 6.92 Å². The van der Waals surface area contributed by atoms with Gasteiger partial charge in [0, 0.05) is 24.8 Å². The lowest BCUT2D eigenvalue weighted by Crippen LogP contribution is -2.37. The fourth-order valence-corrected chi connectivity index (χ4v) is 3.04. The predicted molar refractivity (Wildman–Crippen MR) is 98.2 cm³/mol. The van der Waals surface area contributed by atoms with Crippen LogP contribution in [-0.4, -0.2) is 57.5 Å². The summed E-state index contributed by atoms with van der Waals surface area (Å²) in [5, 5.41) is 9.51. The number of aromatic nitrogens is 3. The number of aryl methyl sites for hydroxylation is 2. The number of hydrogen-bond donors (Lipinski definition) is 2. The predicted octanol–water partition coefficient (Wildman–Crippen LogP) is 1.30. The Bertz CT molecular complexity index is 789. The van der Waals surface area contributed by atoms with E-state index in [4.69, 9.17) is 4.52 Å². The normalized spacial score (nSPS) is 17.9. The largest absolute Gasteiger partial charge is 0.360 e. The first-order valence-corrected chi connectivity index (χ1v) is 9.04. The molecule has 0 unspecified atom stereocenters. The van der Waals surface area contributed by atoms with E-state index in [-0.39, 0.29) is 24.4 Å². The molecule has 3 rings (SSSR count). The lowest BCUT2D eigenvalue weighted by molar-refractivity contribution is -0.117. The monoisotopic (exact) mass is 372 g/mol. The Labute approximate surface area is 157 Å². The second-order valence-electron chi connectivity index (χ2n) is 6.79. The average Bonchev–Trinajstić information content (AvgIpc) is 2.91. The first-order valence-electron chi connectivity index (χ1n) is 9.04. The second-order valence-corrected chi connectivity index (χ2v) is 6.79. The van der Waals surface area contributed by atoms with Crippen molar-refractivity contribution in [2.24, 2.45) is 0 Å². The van der Waals surface area contributed by atoms with E-state index in [1.54, 1.807) is 19.2 Å². The molecule has 9 heteroatoms. The van der Waals surface area contributed by atoms with E-state index in [1.165, 1.54) is 6.20 Å². The van der Waals surface area contributed by atoms with Crippen LogP contribution in [0, 0.1) is 13.8 Å². The molecule has 144 valence electrons. The molecule has 0 saturated carbocycles. The van der Waals surface area contributed by atoms with Crippen molar-refractivity contribution < 1.29 is 14.1 Å². The summed E-state index contributed by atoms with van der Waals surface area (Å²) in [6.45, 7) is 5.43. The summed E-state index contributed by atoms with van der Waals surface area (Å²) in [4.78, 5) is 34.7. The molecule has 1 aliphatic rings. The van der Waals surface area contributed by atoms with E-state index >= 15 is 0 Å². The first-order chi connectivity index (χ1) is 13.0. The van der Waals surface area contributed by atoms with Gasteiger partial charge in [0.2, 0.25) is 5.91 Å². The zero-order valence-electron chi connectivity index (χ0n) is 15.6. The highest BCUT2D eigenvalue weighted by Crippen LogP contribution is 2.12. The summed E-state index contributed by atoms with van der Waals surface area (Å²) in [5.74, 6) is 0.745. The molecule has 27 heavy (non-hydrogen) atoms. The molecule has 0 aliphatic carbocycles. The number of hydrogen-bond acceptors (Lipinski definition) is 7. The van der Waals surface area contributed by atoms with Crippen molar-refractivity contribution in [1.29, 1.82) is 0 Å². The molecular formula is C18H24N6O3. The van der Waals surface area contributed by atoms with Gasteiger partial charge in [-0.25, -0.2) is 4.98 Å². The van der Waals surface area contributed by atoms with Crippen molar-refractivity contribution in [3.05, 3.63) is 35.6 Å². The van der Waals surface area contributed by atoms with Gasteiger partial charge >= 0.3 is 0 Å². The minimum absolute atomic E-state index is 0.0619. The van der Waals surface area contributed by atoms with Crippen LogP contribution < -0.4 is 10.6 Å². The molecule has 1 aliphatic heterocycles. The van der Waals surface area contributed by atoms with Crippen LogP contribution in [0.1, 0.15) is 41.2 Å². The van der Waals surface area contributed by atoms with Crippen molar-refractivity contribution in [3.8, 4) is 0 Å². The molecule has 0 spiro atoms. The number of nitrogens with one attached hydrogen (secondary N) is 2. The molecule has 1 atom stereocenters. The minimum Gasteiger partial charge on any atom is -0.360 e. The van der Waals surface area contributed by atoms with Crippen molar-refractivity contribution in [2.45, 2.75) is 39.2 Å². The second kappa shape index (κ2) is 8.72. The number of carbonyl (C=O) groups is 2. The van der Waals surface area contributed by atoms with Gasteiger partial charge in [-0.05, 0) is 39.7 Å². The fraction of sp³-hybridized carbons (Fsp3) is 0.500. The molecule has 1 fully saturated rings. The number of nitrogens with zero attached hydrogens (tertiary/aromatic N) is 4. The van der Waals surface area contributed by atoms with Crippen LogP contribution in [0.2, 0.25) is 0 Å². The van der Waals surface area contributed by atoms with Crippen molar-refractivity contribution in [3.63, 3.8) is 0 Å². The van der Waals surface area contributed by atoms with Crippen molar-refractivity contribution in [2.75, 3.05) is 25.0 Å². The van der Waals surface area contributed by atoms with Crippen LogP contribution in [0.25, 0.3) is 0 Å². The van der Waals surface area contributed by atoms with E-state index in [0.717, 1.165) is 38.0 Å². The van der Waals surface area contributed by atoms with Gasteiger partial charge in [0.15, 0.2) is 5.82 Å². The molecule has 0 aromatic carbocycles. The Morgan fingerprint density at radius 3 is 2.78 bits per heavy atom. The van der Waals surface area contributed by atoms with Gasteiger partial charge in [-0.3, -0.25) is 19.5 Å². The van der Waals surface area contributed by atoms with Crippen LogP contribution in [0.3, 0.4) is 0 Å². The zero-order valence-corrected chi connectivity index (χ0v) is 15.6. The summed E-state index contributed by atoms with van der Waals surface area (Å²) >= 11 is 0. The maximum absolute atomic E-state index is 12.3. The minimum atomic E-state index is -0.208. The standard InChI is InChI=1S/C18H24N6O3/c1-12-9-20-15(10-19-12)18(26)21-14-4-3-6-24(7-5-14)11-17(25)22-16-8-13(2)27-23-16/h8-10,14H,3-7,11H2,1-2H3,(H,21,26)(H,22,23,25)/t14-/m0/s1. The van der Waals surface area contributed by atoms with E-state index in [0.29, 0.717) is 17.3 Å². The molecule has 0 bridgehead atoms. The molecule has 0 radical (unpaired) electrons. The molecular weight excluding hydrogens is 348 g/mol. The summed E-state index contributed by atoms with van der Waals surface area (Å²) in [6, 6.07) is 1.74. The number of carbonyl (C=O) groups excluding carboxylic acids is 2. The van der Waals surface area contributed by atoms with Crippen molar-refractivity contribution >= 4 is 17.6 Å². The Morgan fingerprint density at radius 1 is 1.22 bits per heavy atom. The molecule has 2 aromatic rings. The number of rotatable bonds is 5. The molecule has 2 aromatic heterocycles. The van der Waals surface area contributed by atoms with Crippen LogP contribution in [-0.2, 0) is 4.79 Å². The van der Waals surface area contributed by atoms with E-state index in [9.17, 15) is 9.59 Å². The van der Waals surface area contributed by atoms with Gasteiger partial charge in [0.1, 0.15) is 11.5 Å². The number of amides is 2. The lowest BCUT2D eigenvalue weighted by Gasteiger charge is -2.19. The maximum Gasteiger partial charge on any atom is 0.271 e. The van der Waals surface area contributed by atoms with Gasteiger partial charge in [-0.15, -0.1) is 0 Å². The highest BCUT2D eigenvalue weighted by molar-refractivity contribution is 5.92. The Balaban J connectivity index is 1.46. The van der Waals surface area contributed by atoms with E-state index in [2.05, 4.69) is 30.7 Å². The quantitative estimate of drug-likeness (QED) is 0.813. The van der Waals surface area contributed by atoms with Gasteiger partial charge in [-0.2, -0.15) is 0 Å². The third-order valence-electron chi connectivity index (χ3n) is 4.43. The van der Waals surface area contributed by atoms with Crippen LogP contribution in [0.15, 0.2) is 23.0 Å². The molecule has 9 nitrogen and oxygen atoms in total. The van der Waals surface area contributed by atoms with Gasteiger partial charge < -0.3 is 15.2 Å². The maximum atomic E-state index is 12.3. The third kappa shape index (κ3) is 5.58. The summed E-state index contributed by atoms with van der Waals surface area (Å²) in [5.41, 5.74) is 1.10. The van der Waals surface area contributed by atoms with Gasteiger partial charge in [0.05, 0.1) is 18.4 Å². The van der Waals surface area contributed by atoms with E-state index < -0.39 is 0 Å². The Hall–Kier alpha value is -2.81. The average molecular weight is 372 g/mol. The first kappa shape index (κ1) is 19.0. The highest BCUT2D eigenvalue weighted by Gasteiger charge is 2.21. The van der Waals surface area contributed by atoms with Crippen LogP contribution in [0.5, 0.6) is 0 Å². The smallest absolute Gasteiger partial charge is 0.271 e. The molecule has 3 heterocycles. The van der Waals surface area contributed by atoms with Gasteiger partial charge in [0.25, 0.3) is 5.91 Å². The zero-order chi connectivity index (χ0) is 19.2. The molecule has 2 N–H and O–H groups in total. The summed E-state index contributed by atoms with van der Waals surface area (Å²) in [7, 11) is 0. The van der Waals surface area contributed by atoms with Crippen LogP contribution >= 0.6 is 0 Å². The Kier molecular flexibility index (Phi) is 6.12.